The second-order valence-electron chi connectivity index (χ2n) is 5.47. The number of nitrogens with one attached hydrogen (secondary N) is 2. The van der Waals surface area contributed by atoms with Gasteiger partial charge in [0.25, 0.3) is 0 Å². The summed E-state index contributed by atoms with van der Waals surface area (Å²) in [7, 11) is -3.57. The number of hydrogen-bond acceptors (Lipinski definition) is 4. The first kappa shape index (κ1) is 17.4. The molecule has 20 heavy (non-hydrogen) atoms. The van der Waals surface area contributed by atoms with Crippen LogP contribution in [-0.4, -0.2) is 30.7 Å². The van der Waals surface area contributed by atoms with Gasteiger partial charge in [0, 0.05) is 12.1 Å². The molecule has 1 aliphatic rings. The normalized spacial score (nSPS) is 27.1. The molecule has 1 aromatic rings. The molecule has 4 N–H and O–H groups in total. The standard InChI is InChI=1S/C12H22N4O2S.ClH/c1-9-5-3-4-6-12(9,8-13)16-19(17,18)11-7-14-15-10(11)2;/h7,9,16H,3-6,8,13H2,1-2H3,(H,14,15);1H. The van der Waals surface area contributed by atoms with E-state index in [2.05, 4.69) is 21.8 Å². The van der Waals surface area contributed by atoms with Crippen molar-refractivity contribution in [2.45, 2.75) is 50.0 Å². The number of rotatable bonds is 4. The Morgan fingerprint density at radius 2 is 2.25 bits per heavy atom. The monoisotopic (exact) mass is 322 g/mol. The molecular formula is C12H23ClN4O2S. The van der Waals surface area contributed by atoms with Crippen LogP contribution in [0.5, 0.6) is 0 Å². The van der Waals surface area contributed by atoms with Crippen LogP contribution < -0.4 is 10.5 Å². The van der Waals surface area contributed by atoms with Gasteiger partial charge in [0.15, 0.2) is 0 Å². The third kappa shape index (κ3) is 3.16. The molecule has 116 valence electrons. The van der Waals surface area contributed by atoms with Crippen LogP contribution >= 0.6 is 12.4 Å². The van der Waals surface area contributed by atoms with Crippen molar-refractivity contribution < 1.29 is 8.42 Å². The third-order valence-corrected chi connectivity index (χ3v) is 5.89. The van der Waals surface area contributed by atoms with Crippen molar-refractivity contribution in [3.05, 3.63) is 11.9 Å². The molecule has 0 radical (unpaired) electrons. The number of nitrogens with zero attached hydrogens (tertiary/aromatic N) is 1. The minimum atomic E-state index is -3.57. The van der Waals surface area contributed by atoms with Crippen LogP contribution in [0.3, 0.4) is 0 Å². The SMILES string of the molecule is Cc1[nH]ncc1S(=O)(=O)NC1(CN)CCCCC1C.Cl. The van der Waals surface area contributed by atoms with Crippen molar-refractivity contribution in [1.29, 1.82) is 0 Å². The predicted molar refractivity (Wildman–Crippen MR) is 80.3 cm³/mol. The second kappa shape index (κ2) is 6.43. The predicted octanol–water partition coefficient (Wildman–Crippen LogP) is 1.33. The molecule has 0 spiro atoms. The summed E-state index contributed by atoms with van der Waals surface area (Å²) in [5.41, 5.74) is 5.89. The van der Waals surface area contributed by atoms with Gasteiger partial charge in [0.05, 0.1) is 11.9 Å². The zero-order chi connectivity index (χ0) is 14.1. The lowest BCUT2D eigenvalue weighted by Gasteiger charge is -2.42. The smallest absolute Gasteiger partial charge is 0.244 e. The molecule has 1 fully saturated rings. The van der Waals surface area contributed by atoms with E-state index < -0.39 is 15.6 Å². The van der Waals surface area contributed by atoms with E-state index in [0.29, 0.717) is 12.2 Å². The van der Waals surface area contributed by atoms with E-state index in [1.165, 1.54) is 6.20 Å². The Hall–Kier alpha value is -0.630. The molecule has 8 heteroatoms. The molecule has 2 atom stereocenters. The number of sulfonamides is 1. The van der Waals surface area contributed by atoms with Crippen molar-refractivity contribution in [2.24, 2.45) is 11.7 Å². The number of aromatic amines is 1. The Balaban J connectivity index is 0.00000200. The fraction of sp³-hybridized carbons (Fsp3) is 0.750. The average molecular weight is 323 g/mol. The second-order valence-corrected chi connectivity index (χ2v) is 7.12. The minimum absolute atomic E-state index is 0. The van der Waals surface area contributed by atoms with Crippen LogP contribution in [0.15, 0.2) is 11.1 Å². The van der Waals surface area contributed by atoms with Crippen LogP contribution in [0, 0.1) is 12.8 Å². The molecule has 6 nitrogen and oxygen atoms in total. The lowest BCUT2D eigenvalue weighted by molar-refractivity contribution is 0.191. The molecule has 0 amide bonds. The fourth-order valence-electron chi connectivity index (χ4n) is 2.84. The highest BCUT2D eigenvalue weighted by atomic mass is 35.5. The van der Waals surface area contributed by atoms with Gasteiger partial charge in [0.2, 0.25) is 10.0 Å². The van der Waals surface area contributed by atoms with E-state index >= 15 is 0 Å². The Morgan fingerprint density at radius 3 is 2.75 bits per heavy atom. The van der Waals surface area contributed by atoms with Crippen LogP contribution in [0.1, 0.15) is 38.3 Å². The summed E-state index contributed by atoms with van der Waals surface area (Å²) >= 11 is 0. The van der Waals surface area contributed by atoms with E-state index in [1.54, 1.807) is 6.92 Å². The summed E-state index contributed by atoms with van der Waals surface area (Å²) in [6, 6.07) is 0. The highest BCUT2D eigenvalue weighted by molar-refractivity contribution is 7.89. The van der Waals surface area contributed by atoms with Gasteiger partial charge in [-0.25, -0.2) is 13.1 Å². The number of halogens is 1. The maximum absolute atomic E-state index is 12.5. The molecule has 2 rings (SSSR count). The summed E-state index contributed by atoms with van der Waals surface area (Å²) in [5, 5.41) is 6.43. The topological polar surface area (TPSA) is 101 Å². The Bertz CT molecular complexity index is 545. The quantitative estimate of drug-likeness (QED) is 0.778. The van der Waals surface area contributed by atoms with Gasteiger partial charge in [-0.15, -0.1) is 12.4 Å². The van der Waals surface area contributed by atoms with Crippen molar-refractivity contribution in [3.63, 3.8) is 0 Å². The van der Waals surface area contributed by atoms with E-state index in [1.807, 2.05) is 0 Å². The van der Waals surface area contributed by atoms with Crippen molar-refractivity contribution in [3.8, 4) is 0 Å². The minimum Gasteiger partial charge on any atom is -0.329 e. The van der Waals surface area contributed by atoms with Gasteiger partial charge in [-0.1, -0.05) is 19.8 Å². The lowest BCUT2D eigenvalue weighted by Crippen LogP contribution is -2.58. The summed E-state index contributed by atoms with van der Waals surface area (Å²) in [5.74, 6) is 0.244. The van der Waals surface area contributed by atoms with Crippen molar-refractivity contribution in [1.82, 2.24) is 14.9 Å². The van der Waals surface area contributed by atoms with Crippen LogP contribution in [0.4, 0.5) is 0 Å². The molecule has 0 aromatic carbocycles. The largest absolute Gasteiger partial charge is 0.329 e. The number of H-pyrrole nitrogens is 1. The maximum Gasteiger partial charge on any atom is 0.244 e. The summed E-state index contributed by atoms with van der Waals surface area (Å²) < 4.78 is 27.8. The molecule has 0 bridgehead atoms. The van der Waals surface area contributed by atoms with E-state index in [9.17, 15) is 8.42 Å². The van der Waals surface area contributed by atoms with Gasteiger partial charge >= 0.3 is 0 Å². The third-order valence-electron chi connectivity index (χ3n) is 4.23. The molecule has 1 aromatic heterocycles. The number of nitrogens with two attached hydrogens (primary N) is 1. The molecule has 2 unspecified atom stereocenters. The number of hydrogen-bond donors (Lipinski definition) is 3. The van der Waals surface area contributed by atoms with Gasteiger partial charge in [-0.2, -0.15) is 5.10 Å². The maximum atomic E-state index is 12.5. The zero-order valence-corrected chi connectivity index (χ0v) is 13.5. The molecule has 0 saturated heterocycles. The number of aryl methyl sites for hydroxylation is 1. The van der Waals surface area contributed by atoms with E-state index in [4.69, 9.17) is 5.73 Å². The van der Waals surface area contributed by atoms with Crippen LogP contribution in [0.2, 0.25) is 0 Å². The Kier molecular flexibility index (Phi) is 5.60. The first-order chi connectivity index (χ1) is 8.91. The van der Waals surface area contributed by atoms with Gasteiger partial charge in [0.1, 0.15) is 4.90 Å². The molecule has 1 aliphatic carbocycles. The van der Waals surface area contributed by atoms with Crippen molar-refractivity contribution in [2.75, 3.05) is 6.54 Å². The lowest BCUT2D eigenvalue weighted by atomic mass is 9.74. The zero-order valence-electron chi connectivity index (χ0n) is 11.8. The molecule has 1 heterocycles. The van der Waals surface area contributed by atoms with Crippen molar-refractivity contribution >= 4 is 22.4 Å². The number of aromatic nitrogens is 2. The Morgan fingerprint density at radius 1 is 1.55 bits per heavy atom. The first-order valence-corrected chi connectivity index (χ1v) is 8.13. The summed E-state index contributed by atoms with van der Waals surface area (Å²) in [4.78, 5) is 0.207. The fourth-order valence-corrected chi connectivity index (χ4v) is 4.52. The summed E-state index contributed by atoms with van der Waals surface area (Å²) in [6.45, 7) is 4.09. The summed E-state index contributed by atoms with van der Waals surface area (Å²) in [6.07, 6.45) is 5.28. The van der Waals surface area contributed by atoms with Gasteiger partial charge < -0.3 is 5.73 Å². The van der Waals surface area contributed by atoms with Crippen LogP contribution in [-0.2, 0) is 10.0 Å². The average Bonchev–Trinajstić information content (AvgIpc) is 2.79. The Labute approximate surface area is 126 Å². The van der Waals surface area contributed by atoms with E-state index in [0.717, 1.165) is 25.7 Å². The van der Waals surface area contributed by atoms with Gasteiger partial charge in [-0.05, 0) is 25.7 Å². The molecule has 1 saturated carbocycles. The van der Waals surface area contributed by atoms with Crippen LogP contribution in [0.25, 0.3) is 0 Å². The highest BCUT2D eigenvalue weighted by Gasteiger charge is 2.41. The highest BCUT2D eigenvalue weighted by Crippen LogP contribution is 2.34. The van der Waals surface area contributed by atoms with Gasteiger partial charge in [-0.3, -0.25) is 5.10 Å². The van der Waals surface area contributed by atoms with E-state index in [-0.39, 0.29) is 23.2 Å². The molecular weight excluding hydrogens is 300 g/mol. The first-order valence-electron chi connectivity index (χ1n) is 6.65. The molecule has 0 aliphatic heterocycles.